The Morgan fingerprint density at radius 1 is 1.40 bits per heavy atom. The van der Waals surface area contributed by atoms with E-state index in [0.717, 1.165) is 12.1 Å². The summed E-state index contributed by atoms with van der Waals surface area (Å²) in [4.78, 5) is 12.8. The number of nitrogens with zero attached hydrogens (tertiary/aromatic N) is 1. The first-order valence-electron chi connectivity index (χ1n) is 4.47. The molecule has 1 fully saturated rings. The van der Waals surface area contributed by atoms with Gasteiger partial charge in [0.15, 0.2) is 0 Å². The summed E-state index contributed by atoms with van der Waals surface area (Å²) in [5.74, 6) is -1.49. The van der Waals surface area contributed by atoms with Crippen LogP contribution in [0.5, 0.6) is 0 Å². The Kier molecular flexibility index (Phi) is 2.73. The molecular formula is C10H8BrF2NO. The molecule has 0 aromatic heterocycles. The van der Waals surface area contributed by atoms with E-state index in [0.29, 0.717) is 13.0 Å². The van der Waals surface area contributed by atoms with Gasteiger partial charge in [-0.3, -0.25) is 4.79 Å². The van der Waals surface area contributed by atoms with Gasteiger partial charge < -0.3 is 4.90 Å². The van der Waals surface area contributed by atoms with Gasteiger partial charge in [-0.15, -0.1) is 0 Å². The van der Waals surface area contributed by atoms with Crippen LogP contribution in [-0.2, 0) is 4.79 Å². The highest BCUT2D eigenvalue weighted by molar-refractivity contribution is 9.09. The van der Waals surface area contributed by atoms with Crippen LogP contribution in [-0.4, -0.2) is 17.3 Å². The number of benzene rings is 1. The normalized spacial score (nSPS) is 21.1. The van der Waals surface area contributed by atoms with Crippen molar-refractivity contribution in [1.82, 2.24) is 0 Å². The van der Waals surface area contributed by atoms with E-state index in [4.69, 9.17) is 0 Å². The highest BCUT2D eigenvalue weighted by atomic mass is 79.9. The summed E-state index contributed by atoms with van der Waals surface area (Å²) in [5.41, 5.74) is 0.142. The highest BCUT2D eigenvalue weighted by Gasteiger charge is 2.30. The summed E-state index contributed by atoms with van der Waals surface area (Å²) in [6, 6.07) is 3.21. The van der Waals surface area contributed by atoms with Gasteiger partial charge >= 0.3 is 0 Å². The summed E-state index contributed by atoms with van der Waals surface area (Å²) in [6.45, 7) is 0.418. The lowest BCUT2D eigenvalue weighted by Crippen LogP contribution is -2.25. The van der Waals surface area contributed by atoms with Crippen molar-refractivity contribution in [2.75, 3.05) is 11.4 Å². The van der Waals surface area contributed by atoms with Crippen molar-refractivity contribution in [3.05, 3.63) is 29.8 Å². The van der Waals surface area contributed by atoms with Gasteiger partial charge in [0.05, 0.1) is 5.69 Å². The molecule has 0 spiro atoms. The van der Waals surface area contributed by atoms with E-state index >= 15 is 0 Å². The van der Waals surface area contributed by atoms with Crippen molar-refractivity contribution in [3.63, 3.8) is 0 Å². The monoisotopic (exact) mass is 275 g/mol. The first kappa shape index (κ1) is 10.5. The zero-order chi connectivity index (χ0) is 11.0. The average Bonchev–Trinajstić information content (AvgIpc) is 2.45. The first-order chi connectivity index (χ1) is 7.08. The lowest BCUT2D eigenvalue weighted by atomic mass is 10.2. The fourth-order valence-corrected chi connectivity index (χ4v) is 2.16. The van der Waals surface area contributed by atoms with Gasteiger partial charge in [-0.2, -0.15) is 0 Å². The van der Waals surface area contributed by atoms with E-state index in [-0.39, 0.29) is 16.4 Å². The van der Waals surface area contributed by atoms with Gasteiger partial charge in [0.2, 0.25) is 5.91 Å². The fraction of sp³-hybridized carbons (Fsp3) is 0.300. The molecule has 1 aliphatic rings. The largest absolute Gasteiger partial charge is 0.308 e. The zero-order valence-corrected chi connectivity index (χ0v) is 9.30. The number of amides is 1. The predicted molar refractivity (Wildman–Crippen MR) is 56.0 cm³/mol. The lowest BCUT2D eigenvalue weighted by molar-refractivity contribution is -0.117. The maximum atomic E-state index is 13.4. The van der Waals surface area contributed by atoms with E-state index in [1.807, 2.05) is 0 Å². The minimum absolute atomic E-state index is 0.0365. The van der Waals surface area contributed by atoms with Crippen LogP contribution in [0.2, 0.25) is 0 Å². The van der Waals surface area contributed by atoms with Crippen LogP contribution >= 0.6 is 15.9 Å². The maximum absolute atomic E-state index is 13.4. The second kappa shape index (κ2) is 3.89. The van der Waals surface area contributed by atoms with Crippen LogP contribution in [0.15, 0.2) is 18.2 Å². The second-order valence-corrected chi connectivity index (χ2v) is 4.70. The van der Waals surface area contributed by atoms with Crippen LogP contribution in [0.4, 0.5) is 14.5 Å². The summed E-state index contributed by atoms with van der Waals surface area (Å²) in [6.07, 6.45) is 0.344. The number of rotatable bonds is 1. The average molecular weight is 276 g/mol. The summed E-state index contributed by atoms with van der Waals surface area (Å²) >= 11 is 3.30. The molecule has 80 valence electrons. The number of alkyl halides is 1. The molecule has 15 heavy (non-hydrogen) atoms. The molecule has 0 aliphatic carbocycles. The molecule has 2 rings (SSSR count). The molecule has 1 aromatic carbocycles. The summed E-state index contributed by atoms with van der Waals surface area (Å²) < 4.78 is 26.0. The Balaban J connectivity index is 2.34. The maximum Gasteiger partial charge on any atom is 0.228 e. The fourth-order valence-electron chi connectivity index (χ4n) is 1.60. The van der Waals surface area contributed by atoms with Crippen LogP contribution in [0.1, 0.15) is 6.42 Å². The van der Waals surface area contributed by atoms with Gasteiger partial charge in [-0.05, 0) is 12.1 Å². The molecule has 1 saturated heterocycles. The van der Waals surface area contributed by atoms with Crippen molar-refractivity contribution in [2.45, 2.75) is 11.2 Å². The molecule has 1 aliphatic heterocycles. The molecule has 1 atom stereocenters. The van der Waals surface area contributed by atoms with E-state index in [9.17, 15) is 13.6 Å². The van der Waals surface area contributed by atoms with E-state index < -0.39 is 11.6 Å². The Bertz CT molecular complexity index is 410. The summed E-state index contributed by atoms with van der Waals surface area (Å²) in [7, 11) is 0. The van der Waals surface area contributed by atoms with Crippen LogP contribution in [0.25, 0.3) is 0 Å². The topological polar surface area (TPSA) is 20.3 Å². The SMILES string of the molecule is O=C1CC(Br)CN1c1ccc(F)cc1F. The molecule has 0 N–H and O–H groups in total. The highest BCUT2D eigenvalue weighted by Crippen LogP contribution is 2.27. The Morgan fingerprint density at radius 3 is 2.67 bits per heavy atom. The van der Waals surface area contributed by atoms with Gasteiger partial charge in [-0.25, -0.2) is 8.78 Å². The van der Waals surface area contributed by atoms with Gasteiger partial charge in [0.1, 0.15) is 11.6 Å². The molecule has 0 bridgehead atoms. The van der Waals surface area contributed by atoms with Crippen molar-refractivity contribution in [2.24, 2.45) is 0 Å². The van der Waals surface area contributed by atoms with Crippen LogP contribution in [0, 0.1) is 11.6 Å². The molecule has 1 aromatic rings. The molecule has 1 amide bonds. The van der Waals surface area contributed by atoms with Crippen molar-refractivity contribution < 1.29 is 13.6 Å². The van der Waals surface area contributed by atoms with Crippen LogP contribution in [0.3, 0.4) is 0 Å². The molecule has 0 saturated carbocycles. The Hall–Kier alpha value is -0.970. The smallest absolute Gasteiger partial charge is 0.228 e. The Morgan fingerprint density at radius 2 is 2.13 bits per heavy atom. The summed E-state index contributed by atoms with van der Waals surface area (Å²) in [5, 5.41) is 0. The molecule has 2 nitrogen and oxygen atoms in total. The first-order valence-corrected chi connectivity index (χ1v) is 5.39. The predicted octanol–water partition coefficient (Wildman–Crippen LogP) is 2.47. The van der Waals surface area contributed by atoms with Gasteiger partial charge in [0.25, 0.3) is 0 Å². The van der Waals surface area contributed by atoms with Gasteiger partial charge in [-0.1, -0.05) is 15.9 Å². The van der Waals surface area contributed by atoms with E-state index in [1.54, 1.807) is 0 Å². The van der Waals surface area contributed by atoms with E-state index in [2.05, 4.69) is 15.9 Å². The number of hydrogen-bond donors (Lipinski definition) is 0. The van der Waals surface area contributed by atoms with Crippen LogP contribution < -0.4 is 4.90 Å². The number of anilines is 1. The molecule has 0 radical (unpaired) electrons. The van der Waals surface area contributed by atoms with Crippen molar-refractivity contribution in [1.29, 1.82) is 0 Å². The third-order valence-electron chi connectivity index (χ3n) is 2.28. The van der Waals surface area contributed by atoms with Crippen molar-refractivity contribution >= 4 is 27.5 Å². The van der Waals surface area contributed by atoms with E-state index in [1.165, 1.54) is 11.0 Å². The van der Waals surface area contributed by atoms with Gasteiger partial charge in [0, 0.05) is 23.9 Å². The number of carbonyl (C=O) groups excluding carboxylic acids is 1. The zero-order valence-electron chi connectivity index (χ0n) is 7.71. The third-order valence-corrected chi connectivity index (χ3v) is 2.89. The lowest BCUT2D eigenvalue weighted by Gasteiger charge is -2.16. The molecular weight excluding hydrogens is 268 g/mol. The number of halogens is 3. The molecule has 1 unspecified atom stereocenters. The molecule has 5 heteroatoms. The standard InChI is InChI=1S/C10H8BrF2NO/c11-6-3-10(15)14(5-6)9-2-1-7(12)4-8(9)13/h1-2,4,6H,3,5H2. The van der Waals surface area contributed by atoms with Crippen molar-refractivity contribution in [3.8, 4) is 0 Å². The number of carbonyl (C=O) groups is 1. The molecule has 1 heterocycles. The second-order valence-electron chi connectivity index (χ2n) is 3.40. The third kappa shape index (κ3) is 2.02. The quantitative estimate of drug-likeness (QED) is 0.721. The Labute approximate surface area is 94.0 Å². The minimum Gasteiger partial charge on any atom is -0.308 e. The minimum atomic E-state index is -0.704. The number of hydrogen-bond acceptors (Lipinski definition) is 1.